The summed E-state index contributed by atoms with van der Waals surface area (Å²) >= 11 is 0. The third-order valence-corrected chi connectivity index (χ3v) is 3.72. The van der Waals surface area contributed by atoms with E-state index in [2.05, 4.69) is 44.1 Å². The Balaban J connectivity index is 1.99. The van der Waals surface area contributed by atoms with Crippen molar-refractivity contribution in [3.8, 4) is 0 Å². The van der Waals surface area contributed by atoms with Crippen molar-refractivity contribution in [3.63, 3.8) is 0 Å². The number of nitrogens with zero attached hydrogens (tertiary/aromatic N) is 1. The van der Waals surface area contributed by atoms with E-state index in [1.54, 1.807) is 0 Å². The Morgan fingerprint density at radius 3 is 2.65 bits per heavy atom. The zero-order chi connectivity index (χ0) is 12.4. The lowest BCUT2D eigenvalue weighted by Gasteiger charge is -2.19. The van der Waals surface area contributed by atoms with E-state index >= 15 is 0 Å². The number of nitrogens with one attached hydrogen (secondary N) is 1. The van der Waals surface area contributed by atoms with Gasteiger partial charge in [0, 0.05) is 17.4 Å². The van der Waals surface area contributed by atoms with Gasteiger partial charge >= 0.3 is 0 Å². The maximum absolute atomic E-state index is 4.57. The Labute approximate surface area is 105 Å². The highest BCUT2D eigenvalue weighted by Gasteiger charge is 2.21. The highest BCUT2D eigenvalue weighted by Crippen LogP contribution is 2.32. The van der Waals surface area contributed by atoms with Gasteiger partial charge < -0.3 is 5.32 Å². The van der Waals surface area contributed by atoms with Gasteiger partial charge in [0.1, 0.15) is 0 Å². The molecule has 1 saturated carbocycles. The minimum Gasteiger partial charge on any atom is -0.310 e. The number of hydrogen-bond donors (Lipinski definition) is 1. The first kappa shape index (κ1) is 12.6. The van der Waals surface area contributed by atoms with E-state index in [-0.39, 0.29) is 0 Å². The van der Waals surface area contributed by atoms with Gasteiger partial charge in [-0.2, -0.15) is 0 Å². The van der Waals surface area contributed by atoms with Gasteiger partial charge in [-0.15, -0.1) is 0 Å². The second kappa shape index (κ2) is 5.18. The first-order chi connectivity index (χ1) is 8.08. The van der Waals surface area contributed by atoms with E-state index in [0.717, 1.165) is 18.2 Å². The van der Waals surface area contributed by atoms with E-state index in [9.17, 15) is 0 Å². The fraction of sp³-hybridized carbons (Fsp3) is 0.667. The molecule has 0 saturated heterocycles. The molecule has 17 heavy (non-hydrogen) atoms. The van der Waals surface area contributed by atoms with Crippen molar-refractivity contribution in [1.82, 2.24) is 10.3 Å². The molecule has 94 valence electrons. The molecule has 2 rings (SSSR count). The van der Waals surface area contributed by atoms with E-state index < -0.39 is 0 Å². The summed E-state index contributed by atoms with van der Waals surface area (Å²) in [6.07, 6.45) is 4.22. The van der Waals surface area contributed by atoms with Crippen LogP contribution in [-0.2, 0) is 0 Å². The molecule has 0 aromatic carbocycles. The third kappa shape index (κ3) is 3.29. The molecule has 1 atom stereocenters. The van der Waals surface area contributed by atoms with Crippen LogP contribution in [-0.4, -0.2) is 11.5 Å². The van der Waals surface area contributed by atoms with Crippen LogP contribution in [0.1, 0.15) is 54.7 Å². The molecule has 1 N–H and O–H groups in total. The number of rotatable bonds is 5. The van der Waals surface area contributed by atoms with Crippen LogP contribution in [0.2, 0.25) is 0 Å². The SMILES string of the molecule is Cc1cc(C)c(C(C)NCCC2CC2)c(C)n1. The molecule has 0 spiro atoms. The van der Waals surface area contributed by atoms with Gasteiger partial charge in [0.15, 0.2) is 0 Å². The largest absolute Gasteiger partial charge is 0.310 e. The molecule has 1 heterocycles. The van der Waals surface area contributed by atoms with Gasteiger partial charge in [-0.05, 0) is 63.8 Å². The van der Waals surface area contributed by atoms with E-state index in [0.29, 0.717) is 6.04 Å². The fourth-order valence-corrected chi connectivity index (χ4v) is 2.70. The number of hydrogen-bond acceptors (Lipinski definition) is 2. The number of pyridine rings is 1. The van der Waals surface area contributed by atoms with Crippen LogP contribution in [0.3, 0.4) is 0 Å². The molecular weight excluding hydrogens is 208 g/mol. The summed E-state index contributed by atoms with van der Waals surface area (Å²) in [6, 6.07) is 2.60. The molecule has 1 fully saturated rings. The van der Waals surface area contributed by atoms with E-state index in [4.69, 9.17) is 0 Å². The van der Waals surface area contributed by atoms with E-state index in [1.165, 1.54) is 36.1 Å². The smallest absolute Gasteiger partial charge is 0.0426 e. The summed E-state index contributed by atoms with van der Waals surface area (Å²) in [5, 5.41) is 3.63. The molecule has 0 amide bonds. The van der Waals surface area contributed by atoms with Crippen LogP contribution >= 0.6 is 0 Å². The van der Waals surface area contributed by atoms with Crippen LogP contribution in [0.25, 0.3) is 0 Å². The monoisotopic (exact) mass is 232 g/mol. The Bertz CT molecular complexity index is 371. The maximum atomic E-state index is 4.57. The number of aromatic nitrogens is 1. The lowest BCUT2D eigenvalue weighted by molar-refractivity contribution is 0.534. The lowest BCUT2D eigenvalue weighted by atomic mass is 10.0. The zero-order valence-electron chi connectivity index (χ0n) is 11.5. The summed E-state index contributed by atoms with van der Waals surface area (Å²) in [4.78, 5) is 4.57. The molecule has 1 aliphatic carbocycles. The quantitative estimate of drug-likeness (QED) is 0.841. The Hall–Kier alpha value is -0.890. The Morgan fingerprint density at radius 2 is 2.06 bits per heavy atom. The fourth-order valence-electron chi connectivity index (χ4n) is 2.70. The molecule has 2 heteroatoms. The molecule has 2 nitrogen and oxygen atoms in total. The third-order valence-electron chi connectivity index (χ3n) is 3.72. The van der Waals surface area contributed by atoms with Crippen molar-refractivity contribution in [2.45, 2.75) is 53.0 Å². The summed E-state index contributed by atoms with van der Waals surface area (Å²) in [7, 11) is 0. The average molecular weight is 232 g/mol. The van der Waals surface area contributed by atoms with Crippen LogP contribution in [0.4, 0.5) is 0 Å². The highest BCUT2D eigenvalue weighted by molar-refractivity contribution is 5.33. The average Bonchev–Trinajstić information content (AvgIpc) is 2.99. The first-order valence-electron chi connectivity index (χ1n) is 6.76. The Morgan fingerprint density at radius 1 is 1.35 bits per heavy atom. The molecule has 0 bridgehead atoms. The summed E-state index contributed by atoms with van der Waals surface area (Å²) in [6.45, 7) is 9.76. The molecule has 1 aliphatic rings. The van der Waals surface area contributed by atoms with Gasteiger partial charge in [0.05, 0.1) is 0 Å². The number of aryl methyl sites for hydroxylation is 3. The predicted octanol–water partition coefficient (Wildman–Crippen LogP) is 3.46. The van der Waals surface area contributed by atoms with Gasteiger partial charge in [-0.25, -0.2) is 0 Å². The maximum Gasteiger partial charge on any atom is 0.0426 e. The van der Waals surface area contributed by atoms with Crippen LogP contribution in [0.5, 0.6) is 0 Å². The molecule has 1 unspecified atom stereocenters. The normalized spacial score (nSPS) is 17.2. The Kier molecular flexibility index (Phi) is 3.82. The van der Waals surface area contributed by atoms with Crippen LogP contribution in [0, 0.1) is 26.7 Å². The molecule has 0 radical (unpaired) electrons. The molecule has 0 aliphatic heterocycles. The zero-order valence-corrected chi connectivity index (χ0v) is 11.5. The minimum atomic E-state index is 0.418. The predicted molar refractivity (Wildman–Crippen MR) is 72.2 cm³/mol. The van der Waals surface area contributed by atoms with Crippen molar-refractivity contribution in [2.24, 2.45) is 5.92 Å². The molecular formula is C15H24N2. The highest BCUT2D eigenvalue weighted by atomic mass is 14.9. The summed E-state index contributed by atoms with van der Waals surface area (Å²) in [5.74, 6) is 1.01. The van der Waals surface area contributed by atoms with Gasteiger partial charge in [-0.1, -0.05) is 12.8 Å². The second-order valence-corrected chi connectivity index (χ2v) is 5.49. The van der Waals surface area contributed by atoms with Gasteiger partial charge in [0.2, 0.25) is 0 Å². The molecule has 1 aromatic heterocycles. The van der Waals surface area contributed by atoms with Crippen molar-refractivity contribution >= 4 is 0 Å². The topological polar surface area (TPSA) is 24.9 Å². The van der Waals surface area contributed by atoms with Gasteiger partial charge in [-0.3, -0.25) is 4.98 Å². The van der Waals surface area contributed by atoms with Crippen molar-refractivity contribution in [2.75, 3.05) is 6.54 Å². The van der Waals surface area contributed by atoms with E-state index in [1.807, 2.05) is 0 Å². The van der Waals surface area contributed by atoms with Crippen LogP contribution in [0.15, 0.2) is 6.07 Å². The van der Waals surface area contributed by atoms with Crippen molar-refractivity contribution in [3.05, 3.63) is 28.6 Å². The first-order valence-corrected chi connectivity index (χ1v) is 6.76. The lowest BCUT2D eigenvalue weighted by Crippen LogP contribution is -2.22. The van der Waals surface area contributed by atoms with Crippen molar-refractivity contribution in [1.29, 1.82) is 0 Å². The van der Waals surface area contributed by atoms with Gasteiger partial charge in [0.25, 0.3) is 0 Å². The standard InChI is InChI=1S/C15H24N2/c1-10-9-11(2)17-13(4)15(10)12(3)16-8-7-14-5-6-14/h9,12,14,16H,5-8H2,1-4H3. The minimum absolute atomic E-state index is 0.418. The second-order valence-electron chi connectivity index (χ2n) is 5.49. The van der Waals surface area contributed by atoms with Crippen LogP contribution < -0.4 is 5.32 Å². The molecule has 1 aromatic rings. The summed E-state index contributed by atoms with van der Waals surface area (Å²) < 4.78 is 0. The van der Waals surface area contributed by atoms with Crippen molar-refractivity contribution < 1.29 is 0 Å². The summed E-state index contributed by atoms with van der Waals surface area (Å²) in [5.41, 5.74) is 5.04.